The zero-order valence-corrected chi connectivity index (χ0v) is 6.20. The van der Waals surface area contributed by atoms with Gasteiger partial charge in [0.2, 0.25) is 0 Å². The van der Waals surface area contributed by atoms with Gasteiger partial charge in [0.1, 0.15) is 5.75 Å². The van der Waals surface area contributed by atoms with Gasteiger partial charge in [-0.3, -0.25) is 4.79 Å². The Hall–Kier alpha value is -1.31. The number of fused-ring (bicyclic) bond motifs is 1. The van der Waals surface area contributed by atoms with Gasteiger partial charge in [0.15, 0.2) is 0 Å². The first-order valence-corrected chi connectivity index (χ1v) is 3.59. The Morgan fingerprint density at radius 3 is 2.82 bits per heavy atom. The lowest BCUT2D eigenvalue weighted by molar-refractivity contribution is -0.133. The van der Waals surface area contributed by atoms with Crippen LogP contribution < -0.4 is 4.74 Å². The van der Waals surface area contributed by atoms with Crippen molar-refractivity contribution in [2.75, 3.05) is 0 Å². The SMILES string of the molecule is C[C@@H]1C(=O)Oc2ccccc21. The van der Waals surface area contributed by atoms with E-state index in [1.165, 1.54) is 0 Å². The molecule has 0 N–H and O–H groups in total. The maximum absolute atomic E-state index is 11.0. The minimum absolute atomic E-state index is 0.0915. The summed E-state index contributed by atoms with van der Waals surface area (Å²) in [6.07, 6.45) is 0. The van der Waals surface area contributed by atoms with Gasteiger partial charge in [-0.25, -0.2) is 0 Å². The van der Waals surface area contributed by atoms with E-state index in [1.807, 2.05) is 31.2 Å². The van der Waals surface area contributed by atoms with Crippen LogP contribution in [0.25, 0.3) is 0 Å². The zero-order valence-electron chi connectivity index (χ0n) is 6.20. The van der Waals surface area contributed by atoms with Crippen LogP contribution in [0.4, 0.5) is 0 Å². The van der Waals surface area contributed by atoms with Crippen molar-refractivity contribution < 1.29 is 9.53 Å². The average molecular weight is 148 g/mol. The van der Waals surface area contributed by atoms with E-state index in [0.717, 1.165) is 5.56 Å². The van der Waals surface area contributed by atoms with Crippen LogP contribution in [0, 0.1) is 0 Å². The van der Waals surface area contributed by atoms with E-state index in [0.29, 0.717) is 5.75 Å². The molecule has 11 heavy (non-hydrogen) atoms. The lowest BCUT2D eigenvalue weighted by Crippen LogP contribution is -2.05. The second kappa shape index (κ2) is 2.09. The molecule has 2 heteroatoms. The smallest absolute Gasteiger partial charge is 0.318 e. The van der Waals surface area contributed by atoms with Gasteiger partial charge in [0, 0.05) is 5.56 Å². The number of benzene rings is 1. The van der Waals surface area contributed by atoms with Crippen LogP contribution in [0.1, 0.15) is 18.4 Å². The standard InChI is InChI=1S/C9H8O2/c1-6-7-4-2-3-5-8(7)11-9(6)10/h2-6H,1H3/t6-/m0/s1. The Morgan fingerprint density at radius 2 is 2.09 bits per heavy atom. The third-order valence-electron chi connectivity index (χ3n) is 1.95. The van der Waals surface area contributed by atoms with Crippen molar-refractivity contribution in [2.24, 2.45) is 0 Å². The highest BCUT2D eigenvalue weighted by atomic mass is 16.5. The molecule has 1 aliphatic rings. The molecule has 0 unspecified atom stereocenters. The fourth-order valence-electron chi connectivity index (χ4n) is 1.25. The Balaban J connectivity index is 2.55. The molecule has 1 atom stereocenters. The van der Waals surface area contributed by atoms with Crippen LogP contribution in [-0.4, -0.2) is 5.97 Å². The number of ether oxygens (including phenoxy) is 1. The van der Waals surface area contributed by atoms with Crippen molar-refractivity contribution in [1.82, 2.24) is 0 Å². The molecule has 0 saturated carbocycles. The molecule has 0 bridgehead atoms. The molecule has 0 aliphatic carbocycles. The van der Waals surface area contributed by atoms with E-state index < -0.39 is 0 Å². The Kier molecular flexibility index (Phi) is 1.22. The number of rotatable bonds is 0. The largest absolute Gasteiger partial charge is 0.426 e. The normalized spacial score (nSPS) is 21.2. The van der Waals surface area contributed by atoms with Crippen LogP contribution in [0.2, 0.25) is 0 Å². The molecule has 0 amide bonds. The van der Waals surface area contributed by atoms with E-state index in [-0.39, 0.29) is 11.9 Å². The van der Waals surface area contributed by atoms with Crippen LogP contribution in [0.5, 0.6) is 5.75 Å². The van der Waals surface area contributed by atoms with Crippen molar-refractivity contribution in [3.05, 3.63) is 29.8 Å². The molecule has 2 nitrogen and oxygen atoms in total. The van der Waals surface area contributed by atoms with Crippen molar-refractivity contribution in [3.8, 4) is 5.75 Å². The van der Waals surface area contributed by atoms with Crippen LogP contribution in [0.3, 0.4) is 0 Å². The van der Waals surface area contributed by atoms with Gasteiger partial charge in [-0.05, 0) is 13.0 Å². The van der Waals surface area contributed by atoms with E-state index >= 15 is 0 Å². The van der Waals surface area contributed by atoms with E-state index in [2.05, 4.69) is 0 Å². The van der Waals surface area contributed by atoms with Crippen molar-refractivity contribution in [1.29, 1.82) is 0 Å². The first-order valence-electron chi connectivity index (χ1n) is 3.59. The number of esters is 1. The van der Waals surface area contributed by atoms with Gasteiger partial charge in [0.05, 0.1) is 5.92 Å². The molecule has 0 aromatic heterocycles. The van der Waals surface area contributed by atoms with E-state index in [9.17, 15) is 4.79 Å². The van der Waals surface area contributed by atoms with Crippen LogP contribution in [0.15, 0.2) is 24.3 Å². The fourth-order valence-corrected chi connectivity index (χ4v) is 1.25. The first-order chi connectivity index (χ1) is 5.29. The molecule has 1 heterocycles. The second-order valence-corrected chi connectivity index (χ2v) is 2.68. The van der Waals surface area contributed by atoms with Gasteiger partial charge in [-0.2, -0.15) is 0 Å². The molecule has 2 rings (SSSR count). The molecule has 1 aliphatic heterocycles. The van der Waals surface area contributed by atoms with Crippen molar-refractivity contribution in [3.63, 3.8) is 0 Å². The molecule has 1 aromatic rings. The van der Waals surface area contributed by atoms with Crippen molar-refractivity contribution in [2.45, 2.75) is 12.8 Å². The maximum Gasteiger partial charge on any atom is 0.318 e. The number of carbonyl (C=O) groups excluding carboxylic acids is 1. The van der Waals surface area contributed by atoms with E-state index in [1.54, 1.807) is 0 Å². The molecular weight excluding hydrogens is 140 g/mol. The lowest BCUT2D eigenvalue weighted by Gasteiger charge is -1.94. The summed E-state index contributed by atoms with van der Waals surface area (Å²) in [7, 11) is 0. The molecule has 56 valence electrons. The van der Waals surface area contributed by atoms with Gasteiger partial charge in [0.25, 0.3) is 0 Å². The quantitative estimate of drug-likeness (QED) is 0.413. The van der Waals surface area contributed by atoms with Gasteiger partial charge in [-0.1, -0.05) is 18.2 Å². The summed E-state index contributed by atoms with van der Waals surface area (Å²) < 4.78 is 4.98. The van der Waals surface area contributed by atoms with Gasteiger partial charge < -0.3 is 4.74 Å². The van der Waals surface area contributed by atoms with Crippen molar-refractivity contribution >= 4 is 5.97 Å². The zero-order chi connectivity index (χ0) is 7.84. The summed E-state index contributed by atoms with van der Waals surface area (Å²) in [6, 6.07) is 7.52. The third-order valence-corrected chi connectivity index (χ3v) is 1.95. The predicted molar refractivity (Wildman–Crippen MR) is 40.5 cm³/mol. The third kappa shape index (κ3) is 0.827. The number of hydrogen-bond acceptors (Lipinski definition) is 2. The first kappa shape index (κ1) is 6.40. The summed E-state index contributed by atoms with van der Waals surface area (Å²) >= 11 is 0. The van der Waals surface area contributed by atoms with Crippen LogP contribution in [-0.2, 0) is 4.79 Å². The summed E-state index contributed by atoms with van der Waals surface area (Å²) in [5.74, 6) is 0.474. The highest BCUT2D eigenvalue weighted by molar-refractivity contribution is 5.85. The molecular formula is C9H8O2. The fraction of sp³-hybridized carbons (Fsp3) is 0.222. The summed E-state index contributed by atoms with van der Waals surface area (Å²) in [6.45, 7) is 1.86. The summed E-state index contributed by atoms with van der Waals surface area (Å²) in [5.41, 5.74) is 0.998. The van der Waals surface area contributed by atoms with Gasteiger partial charge in [-0.15, -0.1) is 0 Å². The maximum atomic E-state index is 11.0. The Morgan fingerprint density at radius 1 is 1.36 bits per heavy atom. The van der Waals surface area contributed by atoms with Gasteiger partial charge >= 0.3 is 5.97 Å². The average Bonchev–Trinajstić information content (AvgIpc) is 2.30. The topological polar surface area (TPSA) is 26.3 Å². The second-order valence-electron chi connectivity index (χ2n) is 2.68. The summed E-state index contributed by atoms with van der Waals surface area (Å²) in [5, 5.41) is 0. The molecule has 0 spiro atoms. The molecule has 1 aromatic carbocycles. The Labute approximate surface area is 64.8 Å². The minimum Gasteiger partial charge on any atom is -0.426 e. The van der Waals surface area contributed by atoms with Crippen LogP contribution >= 0.6 is 0 Å². The van der Waals surface area contributed by atoms with E-state index in [4.69, 9.17) is 4.74 Å². The number of carbonyl (C=O) groups is 1. The molecule has 0 radical (unpaired) electrons. The summed E-state index contributed by atoms with van der Waals surface area (Å²) in [4.78, 5) is 11.0. The predicted octanol–water partition coefficient (Wildman–Crippen LogP) is 1.71. The highest BCUT2D eigenvalue weighted by Crippen LogP contribution is 2.33. The monoisotopic (exact) mass is 148 g/mol. The lowest BCUT2D eigenvalue weighted by atomic mass is 10.0. The molecule has 0 saturated heterocycles. The Bertz CT molecular complexity index is 304. The number of para-hydroxylation sites is 1. The molecule has 0 fully saturated rings. The minimum atomic E-state index is -0.147. The highest BCUT2D eigenvalue weighted by Gasteiger charge is 2.28. The number of hydrogen-bond donors (Lipinski definition) is 0.